The smallest absolute Gasteiger partial charge is 0.253 e. The van der Waals surface area contributed by atoms with Crippen molar-refractivity contribution in [3.8, 4) is 0 Å². The monoisotopic (exact) mass is 922 g/mol. The number of hydrogen-bond acceptors (Lipinski definition) is 8. The molecule has 4 fully saturated rings. The number of sulfonamides is 2. The van der Waals surface area contributed by atoms with Crippen molar-refractivity contribution in [3.63, 3.8) is 0 Å². The molecule has 2 aromatic rings. The van der Waals surface area contributed by atoms with Crippen LogP contribution in [0, 0.1) is 18.8 Å². The number of carbonyl (C=O) groups excluding carboxylic acids is 2. The third-order valence-electron chi connectivity index (χ3n) is 14.8. The summed E-state index contributed by atoms with van der Waals surface area (Å²) in [5, 5.41) is 8.29. The van der Waals surface area contributed by atoms with Gasteiger partial charge in [-0.05, 0) is 124 Å². The van der Waals surface area contributed by atoms with E-state index >= 15 is 0 Å². The van der Waals surface area contributed by atoms with Gasteiger partial charge < -0.3 is 10.6 Å². The van der Waals surface area contributed by atoms with Crippen LogP contribution >= 0.6 is 0 Å². The largest absolute Gasteiger partial charge is 0.312 e. The first-order chi connectivity index (χ1) is 31.1. The zero-order chi connectivity index (χ0) is 46.0. The van der Waals surface area contributed by atoms with E-state index in [0.29, 0.717) is 63.7 Å². The third kappa shape index (κ3) is 10.3. The molecule has 2 amide bonds. The van der Waals surface area contributed by atoms with Gasteiger partial charge in [0.1, 0.15) is 22.7 Å². The Morgan fingerprint density at radius 2 is 1.08 bits per heavy atom. The molecule has 12 nitrogen and oxygen atoms in total. The molecule has 65 heavy (non-hydrogen) atoms. The highest BCUT2D eigenvalue weighted by Gasteiger charge is 2.49. The molecule has 4 heterocycles. The zero-order valence-corrected chi connectivity index (χ0v) is 40.0. The minimum absolute atomic E-state index is 0.0485. The van der Waals surface area contributed by atoms with Crippen LogP contribution in [-0.4, -0.2) is 86.2 Å². The Hall–Kier alpha value is -4.50. The average molecular weight is 923 g/mol. The molecule has 2 spiro atoms. The molecule has 4 aliphatic carbocycles. The molecule has 8 aliphatic rings. The molecular weight excluding hydrogens is 857 g/mol. The lowest BCUT2D eigenvalue weighted by Gasteiger charge is -2.34. The fraction of sp³-hybridized carbons (Fsp3) is 0.529. The molecule has 0 unspecified atom stereocenters. The Morgan fingerprint density at radius 3 is 1.55 bits per heavy atom. The number of rotatable bonds is 7. The Bertz CT molecular complexity index is 2560. The summed E-state index contributed by atoms with van der Waals surface area (Å²) in [7, 11) is -6.96. The molecule has 0 aromatic heterocycles. The highest BCUT2D eigenvalue weighted by atomic mass is 32.2. The summed E-state index contributed by atoms with van der Waals surface area (Å²) < 4.78 is 52.5. The Morgan fingerprint density at radius 1 is 0.631 bits per heavy atom. The van der Waals surface area contributed by atoms with Gasteiger partial charge in [-0.3, -0.25) is 19.6 Å². The number of amides is 2. The summed E-state index contributed by atoms with van der Waals surface area (Å²) >= 11 is 0. The number of hydrogen-bond donors (Lipinski definition) is 2. The summed E-state index contributed by atoms with van der Waals surface area (Å²) in [4.78, 5) is 34.8. The first-order valence-electron chi connectivity index (χ1n) is 23.8. The van der Waals surface area contributed by atoms with Crippen molar-refractivity contribution in [2.75, 3.05) is 26.2 Å². The van der Waals surface area contributed by atoms with Crippen LogP contribution in [0.4, 0.5) is 0 Å². The van der Waals surface area contributed by atoms with Gasteiger partial charge in [-0.1, -0.05) is 105 Å². The molecule has 0 atom stereocenters. The summed E-state index contributed by atoms with van der Waals surface area (Å²) in [5.41, 5.74) is 8.84. The number of carbonyl (C=O) groups is 2. The van der Waals surface area contributed by atoms with Crippen LogP contribution in [0.25, 0.3) is 18.2 Å². The van der Waals surface area contributed by atoms with Crippen LogP contribution in [0.2, 0.25) is 0 Å². The lowest BCUT2D eigenvalue weighted by molar-refractivity contribution is -0.125. The van der Waals surface area contributed by atoms with Gasteiger partial charge in [0.05, 0.1) is 0 Å². The van der Waals surface area contributed by atoms with E-state index in [2.05, 4.69) is 74.4 Å². The maximum absolute atomic E-state index is 13.0. The van der Waals surface area contributed by atoms with E-state index in [1.165, 1.54) is 85.9 Å². The van der Waals surface area contributed by atoms with E-state index in [9.17, 15) is 26.4 Å². The van der Waals surface area contributed by atoms with Crippen molar-refractivity contribution in [1.29, 1.82) is 0 Å². The van der Waals surface area contributed by atoms with Gasteiger partial charge in [-0.2, -0.15) is 8.61 Å². The molecule has 0 radical (unpaired) electrons. The van der Waals surface area contributed by atoms with E-state index in [1.807, 2.05) is 12.1 Å². The number of benzene rings is 2. The van der Waals surface area contributed by atoms with Crippen LogP contribution in [0.5, 0.6) is 0 Å². The fourth-order valence-corrected chi connectivity index (χ4v) is 13.0. The van der Waals surface area contributed by atoms with Gasteiger partial charge >= 0.3 is 0 Å². The average Bonchev–Trinajstić information content (AvgIpc) is 4.07. The number of allylic oxidation sites excluding steroid dienone is 2. The topological polar surface area (TPSA) is 158 Å². The van der Waals surface area contributed by atoms with Gasteiger partial charge in [0.2, 0.25) is 20.0 Å². The molecule has 348 valence electrons. The Balaban J connectivity index is 0.000000150. The first kappa shape index (κ1) is 47.0. The molecule has 0 bridgehead atoms. The molecule has 4 aliphatic heterocycles. The van der Waals surface area contributed by atoms with Crippen molar-refractivity contribution < 1.29 is 26.4 Å². The number of fused-ring (bicyclic) bond motifs is 2. The minimum Gasteiger partial charge on any atom is -0.312 e. The van der Waals surface area contributed by atoms with Gasteiger partial charge in [0, 0.05) is 48.8 Å². The van der Waals surface area contributed by atoms with E-state index in [-0.39, 0.29) is 11.8 Å². The second-order valence-corrected chi connectivity index (χ2v) is 23.1. The summed E-state index contributed by atoms with van der Waals surface area (Å²) in [6.45, 7) is 11.1. The summed E-state index contributed by atoms with van der Waals surface area (Å²) in [5.74, 6) is 2.29. The van der Waals surface area contributed by atoms with Crippen molar-refractivity contribution in [2.45, 2.75) is 135 Å². The Labute approximate surface area is 386 Å². The standard InChI is InChI=1S/C25H31N3O3S.C15H23N3O3S.C11H12/c1-18-16-21-9-5-8-19(22(21)17-18)10-15-32(30,31)28-13-11-25(12-14-28)24(29)26-23(27-25)20-6-3-2-4-7-20;1-2-22(20,21)18-10-8-15(9-11-18)14(19)16-13(17-15)12-6-4-3-5-7-12;1-8-6-10-5-3-4-9(2)11(10)7-8/h5,8-10,15,17,20H,2-4,6-7,11-14,16H2,1H3,(H,26,27,29);2,12H,1,3-11H2,(H,16,17,19);3-5,7H,6H2,1-2H3/b15-10+;;. The molecular formula is C51H66N6O6S2. The predicted octanol–water partition coefficient (Wildman–Crippen LogP) is 8.25. The molecule has 2 aromatic carbocycles. The van der Waals surface area contributed by atoms with Gasteiger partial charge in [-0.25, -0.2) is 16.8 Å². The van der Waals surface area contributed by atoms with Crippen molar-refractivity contribution in [2.24, 2.45) is 21.8 Å². The highest BCUT2D eigenvalue weighted by Crippen LogP contribution is 2.37. The van der Waals surface area contributed by atoms with Gasteiger partial charge in [0.25, 0.3) is 11.8 Å². The quantitative estimate of drug-likeness (QED) is 0.285. The van der Waals surface area contributed by atoms with Crippen molar-refractivity contribution in [3.05, 3.63) is 98.3 Å². The minimum atomic E-state index is -3.56. The third-order valence-corrected chi connectivity index (χ3v) is 17.9. The van der Waals surface area contributed by atoms with Crippen LogP contribution in [0.1, 0.15) is 137 Å². The maximum atomic E-state index is 13.0. The van der Waals surface area contributed by atoms with E-state index < -0.39 is 31.1 Å². The van der Waals surface area contributed by atoms with Crippen LogP contribution < -0.4 is 10.6 Å². The van der Waals surface area contributed by atoms with Crippen LogP contribution in [0.3, 0.4) is 0 Å². The lowest BCUT2D eigenvalue weighted by Crippen LogP contribution is -2.50. The van der Waals surface area contributed by atoms with Gasteiger partial charge in [-0.15, -0.1) is 0 Å². The number of aliphatic imine (C=N–C) groups is 2. The molecule has 2 saturated heterocycles. The van der Waals surface area contributed by atoms with E-state index in [4.69, 9.17) is 9.98 Å². The van der Waals surface area contributed by atoms with E-state index in [0.717, 1.165) is 66.7 Å². The second-order valence-electron chi connectivity index (χ2n) is 19.4. The lowest BCUT2D eigenvalue weighted by atomic mass is 9.88. The number of amidine groups is 2. The maximum Gasteiger partial charge on any atom is 0.253 e. The van der Waals surface area contributed by atoms with E-state index in [1.54, 1.807) is 6.08 Å². The molecule has 2 N–H and O–H groups in total. The summed E-state index contributed by atoms with van der Waals surface area (Å²) in [6.07, 6.45) is 21.6. The SMILES string of the molecule is C=CS(=O)(=O)N1CCC2(CC1)N=C(C1CCCCC1)NC2=O.CC1=Cc2c(/C=C/S(=O)(=O)N3CCC4(CC3)N=C(C3CCCCC3)NC4=O)cccc2C1.CC1=Cc2c(C)cccc2C1. The Kier molecular flexibility index (Phi) is 14.0. The normalized spacial score (nSPS) is 23.3. The fourth-order valence-electron chi connectivity index (χ4n) is 10.9. The number of nitrogens with zero attached hydrogens (tertiary/aromatic N) is 4. The second kappa shape index (κ2) is 19.4. The first-order valence-corrected chi connectivity index (χ1v) is 26.8. The number of piperidine rings is 2. The van der Waals surface area contributed by atoms with Gasteiger partial charge in [0.15, 0.2) is 0 Å². The molecule has 14 heteroatoms. The van der Waals surface area contributed by atoms with Crippen LogP contribution in [0.15, 0.2) is 74.9 Å². The number of aryl methyl sites for hydroxylation is 1. The molecule has 2 saturated carbocycles. The predicted molar refractivity (Wildman–Crippen MR) is 261 cm³/mol. The highest BCUT2D eigenvalue weighted by molar-refractivity contribution is 7.92. The zero-order valence-electron chi connectivity index (χ0n) is 38.4. The summed E-state index contributed by atoms with van der Waals surface area (Å²) in [6, 6.07) is 12.6. The molecule has 10 rings (SSSR count). The van der Waals surface area contributed by atoms with Crippen LogP contribution in [-0.2, 0) is 42.5 Å². The number of nitrogens with one attached hydrogen (secondary N) is 2. The van der Waals surface area contributed by atoms with Crippen molar-refractivity contribution in [1.82, 2.24) is 19.2 Å². The van der Waals surface area contributed by atoms with Crippen molar-refractivity contribution >= 4 is 61.8 Å².